The van der Waals surface area contributed by atoms with Gasteiger partial charge < -0.3 is 4.52 Å². The molecule has 1 fully saturated rings. The maximum absolute atomic E-state index is 12.9. The second-order valence-corrected chi connectivity index (χ2v) is 7.39. The molecule has 0 unspecified atom stereocenters. The average Bonchev–Trinajstić information content (AvgIpc) is 3.01. The first-order chi connectivity index (χ1) is 10.5. The Morgan fingerprint density at radius 1 is 1.32 bits per heavy atom. The van der Waals surface area contributed by atoms with Gasteiger partial charge in [-0.1, -0.05) is 18.0 Å². The molecule has 3 heterocycles. The van der Waals surface area contributed by atoms with Crippen LogP contribution in [0.3, 0.4) is 0 Å². The number of sulfonamides is 1. The Morgan fingerprint density at radius 2 is 2.14 bits per heavy atom. The fourth-order valence-electron chi connectivity index (χ4n) is 2.75. The first-order valence-corrected chi connectivity index (χ1v) is 8.73. The van der Waals surface area contributed by atoms with Gasteiger partial charge in [0.15, 0.2) is 5.82 Å². The lowest BCUT2D eigenvalue weighted by Crippen LogP contribution is -2.35. The summed E-state index contributed by atoms with van der Waals surface area (Å²) in [4.78, 5) is 4.43. The molecular weight excluding hydrogens is 306 g/mol. The minimum absolute atomic E-state index is 0.196. The minimum atomic E-state index is -3.62. The monoisotopic (exact) mass is 325 g/mol. The van der Waals surface area contributed by atoms with Crippen molar-refractivity contribution in [1.29, 1.82) is 0 Å². The lowest BCUT2D eigenvalue weighted by atomic mass is 10.1. The van der Waals surface area contributed by atoms with Gasteiger partial charge in [0.2, 0.25) is 15.9 Å². The smallest absolute Gasteiger partial charge is 0.246 e. The first kappa shape index (κ1) is 15.2. The van der Waals surface area contributed by atoms with E-state index in [4.69, 9.17) is 4.52 Å². The number of nitrogens with zero attached hydrogens (tertiary/aromatic N) is 5. The van der Waals surface area contributed by atoms with Gasteiger partial charge in [-0.15, -0.1) is 0 Å². The van der Waals surface area contributed by atoms with E-state index in [9.17, 15) is 8.42 Å². The van der Waals surface area contributed by atoms with Crippen LogP contribution >= 0.6 is 0 Å². The molecular formula is C13H19N5O3S. The molecule has 0 saturated carbocycles. The predicted molar refractivity (Wildman–Crippen MR) is 77.3 cm³/mol. The third kappa shape index (κ3) is 2.78. The summed E-state index contributed by atoms with van der Waals surface area (Å²) < 4.78 is 33.9. The standard InChI is InChI=1S/C13H19N5O3S/c1-10-15-13(16-21-10)12-6-4-3-5-7-18(12)22(19,20)11-8-14-17(2)9-11/h8-9,12H,3-7H2,1-2H3/t12-/m1/s1. The zero-order chi connectivity index (χ0) is 15.7. The van der Waals surface area contributed by atoms with Crippen molar-refractivity contribution in [3.8, 4) is 0 Å². The SMILES string of the molecule is Cc1nc([C@H]2CCCCCN2S(=O)(=O)c2cnn(C)c2)no1. The Hall–Kier alpha value is -1.74. The molecule has 1 aliphatic rings. The molecule has 2 aromatic rings. The summed E-state index contributed by atoms with van der Waals surface area (Å²) in [6, 6.07) is -0.384. The van der Waals surface area contributed by atoms with Crippen LogP contribution in [0.2, 0.25) is 0 Å². The average molecular weight is 325 g/mol. The summed E-state index contributed by atoms with van der Waals surface area (Å²) in [6.45, 7) is 2.16. The van der Waals surface area contributed by atoms with Crippen LogP contribution in [0.1, 0.15) is 43.4 Å². The Kier molecular flexibility index (Phi) is 4.00. The maximum Gasteiger partial charge on any atom is 0.246 e. The van der Waals surface area contributed by atoms with Crippen LogP contribution in [0.15, 0.2) is 21.8 Å². The highest BCUT2D eigenvalue weighted by atomic mass is 32.2. The van der Waals surface area contributed by atoms with Crippen molar-refractivity contribution in [1.82, 2.24) is 24.2 Å². The van der Waals surface area contributed by atoms with E-state index in [1.54, 1.807) is 14.0 Å². The quantitative estimate of drug-likeness (QED) is 0.847. The molecule has 0 N–H and O–H groups in total. The zero-order valence-electron chi connectivity index (χ0n) is 12.6. The Morgan fingerprint density at radius 3 is 2.77 bits per heavy atom. The number of hydrogen-bond donors (Lipinski definition) is 0. The molecule has 0 aliphatic carbocycles. The van der Waals surface area contributed by atoms with E-state index in [1.165, 1.54) is 21.4 Å². The number of aryl methyl sites for hydroxylation is 2. The van der Waals surface area contributed by atoms with Crippen LogP contribution in [0.5, 0.6) is 0 Å². The molecule has 8 nitrogen and oxygen atoms in total. The minimum Gasteiger partial charge on any atom is -0.340 e. The molecule has 0 amide bonds. The molecule has 1 aliphatic heterocycles. The third-order valence-electron chi connectivity index (χ3n) is 3.83. The van der Waals surface area contributed by atoms with Crippen molar-refractivity contribution in [2.45, 2.75) is 43.5 Å². The van der Waals surface area contributed by atoms with Crippen molar-refractivity contribution in [3.05, 3.63) is 24.1 Å². The summed E-state index contributed by atoms with van der Waals surface area (Å²) in [7, 11) is -1.93. The van der Waals surface area contributed by atoms with Crippen LogP contribution < -0.4 is 0 Å². The summed E-state index contributed by atoms with van der Waals surface area (Å²) in [6.07, 6.45) is 6.34. The fraction of sp³-hybridized carbons (Fsp3) is 0.615. The largest absolute Gasteiger partial charge is 0.340 e. The zero-order valence-corrected chi connectivity index (χ0v) is 13.5. The van der Waals surface area contributed by atoms with Gasteiger partial charge in [-0.2, -0.15) is 14.4 Å². The second kappa shape index (κ2) is 5.81. The van der Waals surface area contributed by atoms with Crippen molar-refractivity contribution in [3.63, 3.8) is 0 Å². The van der Waals surface area contributed by atoms with Gasteiger partial charge in [0.25, 0.3) is 0 Å². The molecule has 1 saturated heterocycles. The summed E-state index contributed by atoms with van der Waals surface area (Å²) in [5.41, 5.74) is 0. The second-order valence-electron chi connectivity index (χ2n) is 5.50. The number of aromatic nitrogens is 4. The van der Waals surface area contributed by atoms with E-state index in [0.29, 0.717) is 24.7 Å². The van der Waals surface area contributed by atoms with Gasteiger partial charge in [-0.3, -0.25) is 4.68 Å². The Bertz CT molecular complexity index is 751. The van der Waals surface area contributed by atoms with Gasteiger partial charge in [0, 0.05) is 26.7 Å². The van der Waals surface area contributed by atoms with Crippen LogP contribution in [-0.2, 0) is 17.1 Å². The van der Waals surface area contributed by atoms with Crippen LogP contribution in [0, 0.1) is 6.92 Å². The van der Waals surface area contributed by atoms with Gasteiger partial charge in [-0.05, 0) is 12.8 Å². The summed E-state index contributed by atoms with van der Waals surface area (Å²) in [5, 5.41) is 7.89. The van der Waals surface area contributed by atoms with Gasteiger partial charge >= 0.3 is 0 Å². The maximum atomic E-state index is 12.9. The number of rotatable bonds is 3. The van der Waals surface area contributed by atoms with E-state index in [-0.39, 0.29) is 10.9 Å². The first-order valence-electron chi connectivity index (χ1n) is 7.29. The summed E-state index contributed by atoms with van der Waals surface area (Å²) in [5.74, 6) is 0.879. The highest BCUT2D eigenvalue weighted by Crippen LogP contribution is 2.33. The van der Waals surface area contributed by atoms with Gasteiger partial charge in [0.1, 0.15) is 4.90 Å². The third-order valence-corrected chi connectivity index (χ3v) is 5.69. The normalized spacial score (nSPS) is 20.9. The van der Waals surface area contributed by atoms with Crippen molar-refractivity contribution in [2.75, 3.05) is 6.54 Å². The van der Waals surface area contributed by atoms with Gasteiger partial charge in [0.05, 0.1) is 12.2 Å². The van der Waals surface area contributed by atoms with E-state index >= 15 is 0 Å². The van der Waals surface area contributed by atoms with Crippen molar-refractivity contribution < 1.29 is 12.9 Å². The molecule has 3 rings (SSSR count). The lowest BCUT2D eigenvalue weighted by molar-refractivity contribution is 0.302. The Balaban J connectivity index is 2.00. The predicted octanol–water partition coefficient (Wildman–Crippen LogP) is 1.42. The van der Waals surface area contributed by atoms with Gasteiger partial charge in [-0.25, -0.2) is 8.42 Å². The molecule has 2 aromatic heterocycles. The molecule has 22 heavy (non-hydrogen) atoms. The molecule has 0 aromatic carbocycles. The fourth-order valence-corrected chi connectivity index (χ4v) is 4.39. The van der Waals surface area contributed by atoms with Crippen molar-refractivity contribution >= 4 is 10.0 Å². The highest BCUT2D eigenvalue weighted by molar-refractivity contribution is 7.89. The molecule has 0 bridgehead atoms. The number of hydrogen-bond acceptors (Lipinski definition) is 6. The van der Waals surface area contributed by atoms with E-state index in [0.717, 1.165) is 19.3 Å². The van der Waals surface area contributed by atoms with E-state index < -0.39 is 10.0 Å². The van der Waals surface area contributed by atoms with Crippen LogP contribution in [0.25, 0.3) is 0 Å². The summed E-state index contributed by atoms with van der Waals surface area (Å²) >= 11 is 0. The topological polar surface area (TPSA) is 94.1 Å². The lowest BCUT2D eigenvalue weighted by Gasteiger charge is -2.26. The highest BCUT2D eigenvalue weighted by Gasteiger charge is 2.36. The van der Waals surface area contributed by atoms with E-state index in [1.807, 2.05) is 0 Å². The molecule has 9 heteroatoms. The molecule has 0 spiro atoms. The molecule has 120 valence electrons. The molecule has 0 radical (unpaired) electrons. The molecule has 1 atom stereocenters. The van der Waals surface area contributed by atoms with Crippen molar-refractivity contribution in [2.24, 2.45) is 7.05 Å². The van der Waals surface area contributed by atoms with Crippen LogP contribution in [0.4, 0.5) is 0 Å². The van der Waals surface area contributed by atoms with Crippen LogP contribution in [-0.4, -0.2) is 39.2 Å². The Labute approximate surface area is 129 Å². The van der Waals surface area contributed by atoms with E-state index in [2.05, 4.69) is 15.2 Å².